The molecule has 0 aliphatic heterocycles. The Hall–Kier alpha value is -0.940. The monoisotopic (exact) mass is 348 g/mol. The molecule has 0 saturated carbocycles. The first-order valence-corrected chi connectivity index (χ1v) is 7.73. The van der Waals surface area contributed by atoms with E-state index in [1.807, 2.05) is 0 Å². The fourth-order valence-electron chi connectivity index (χ4n) is 1.56. The molecule has 104 valence electrons. The molecule has 0 radical (unpaired) electrons. The predicted molar refractivity (Wildman–Crippen MR) is 75.3 cm³/mol. The standard InChI is InChI=1S/C12H14BrFN2O2S/c1-3-5-16(4-2)19(17,18)11-7-10(13)6-9(8-15)12(11)14/h1,6-7H,4-5,8,15H2,2H3. The summed E-state index contributed by atoms with van der Waals surface area (Å²) in [5.74, 6) is 1.41. The summed E-state index contributed by atoms with van der Waals surface area (Å²) < 4.78 is 40.2. The number of hydrogen-bond donors (Lipinski definition) is 1. The summed E-state index contributed by atoms with van der Waals surface area (Å²) in [6.07, 6.45) is 5.12. The molecule has 19 heavy (non-hydrogen) atoms. The number of terminal acetylenes is 1. The van der Waals surface area contributed by atoms with Gasteiger partial charge in [0, 0.05) is 23.1 Å². The van der Waals surface area contributed by atoms with Crippen LogP contribution in [0.4, 0.5) is 4.39 Å². The van der Waals surface area contributed by atoms with Crippen molar-refractivity contribution in [3.05, 3.63) is 28.0 Å². The van der Waals surface area contributed by atoms with Gasteiger partial charge in [0.05, 0.1) is 6.54 Å². The van der Waals surface area contributed by atoms with Gasteiger partial charge < -0.3 is 5.73 Å². The molecular formula is C12H14BrFN2O2S. The predicted octanol–water partition coefficient (Wildman–Crippen LogP) is 1.69. The van der Waals surface area contributed by atoms with Gasteiger partial charge in [-0.1, -0.05) is 28.8 Å². The molecule has 0 amide bonds. The van der Waals surface area contributed by atoms with Crippen LogP contribution in [0.1, 0.15) is 12.5 Å². The van der Waals surface area contributed by atoms with E-state index in [4.69, 9.17) is 12.2 Å². The maximum atomic E-state index is 14.1. The Morgan fingerprint density at radius 3 is 2.63 bits per heavy atom. The number of sulfonamides is 1. The molecular weight excluding hydrogens is 335 g/mol. The average Bonchev–Trinajstić information content (AvgIpc) is 2.37. The molecule has 2 N–H and O–H groups in total. The summed E-state index contributed by atoms with van der Waals surface area (Å²) in [7, 11) is -3.97. The highest BCUT2D eigenvalue weighted by molar-refractivity contribution is 9.10. The quantitative estimate of drug-likeness (QED) is 0.823. The number of benzene rings is 1. The van der Waals surface area contributed by atoms with E-state index in [1.54, 1.807) is 6.92 Å². The summed E-state index contributed by atoms with van der Waals surface area (Å²) in [5.41, 5.74) is 5.53. The normalized spacial score (nSPS) is 11.6. The van der Waals surface area contributed by atoms with Crippen LogP contribution in [0, 0.1) is 18.2 Å². The Morgan fingerprint density at radius 2 is 2.16 bits per heavy atom. The van der Waals surface area contributed by atoms with Crippen molar-refractivity contribution in [2.45, 2.75) is 18.4 Å². The zero-order chi connectivity index (χ0) is 14.6. The SMILES string of the molecule is C#CCN(CC)S(=O)(=O)c1cc(Br)cc(CN)c1F. The third kappa shape index (κ3) is 3.34. The van der Waals surface area contributed by atoms with Crippen LogP contribution in [0.15, 0.2) is 21.5 Å². The molecule has 1 rings (SSSR count). The first-order valence-electron chi connectivity index (χ1n) is 5.50. The van der Waals surface area contributed by atoms with Crippen molar-refractivity contribution in [3.8, 4) is 12.3 Å². The van der Waals surface area contributed by atoms with Gasteiger partial charge in [-0.05, 0) is 12.1 Å². The van der Waals surface area contributed by atoms with Crippen LogP contribution in [0.25, 0.3) is 0 Å². The topological polar surface area (TPSA) is 63.4 Å². The van der Waals surface area contributed by atoms with E-state index < -0.39 is 20.7 Å². The maximum Gasteiger partial charge on any atom is 0.246 e. The van der Waals surface area contributed by atoms with Gasteiger partial charge >= 0.3 is 0 Å². The zero-order valence-electron chi connectivity index (χ0n) is 10.4. The van der Waals surface area contributed by atoms with Gasteiger partial charge in [0.1, 0.15) is 10.7 Å². The van der Waals surface area contributed by atoms with Gasteiger partial charge in [-0.3, -0.25) is 0 Å². The van der Waals surface area contributed by atoms with Gasteiger partial charge in [-0.25, -0.2) is 12.8 Å². The minimum Gasteiger partial charge on any atom is -0.326 e. The van der Waals surface area contributed by atoms with E-state index >= 15 is 0 Å². The Morgan fingerprint density at radius 1 is 1.53 bits per heavy atom. The summed E-state index contributed by atoms with van der Waals surface area (Å²) >= 11 is 3.14. The highest BCUT2D eigenvalue weighted by Crippen LogP contribution is 2.26. The number of halogens is 2. The van der Waals surface area contributed by atoms with Crippen molar-refractivity contribution in [3.63, 3.8) is 0 Å². The maximum absolute atomic E-state index is 14.1. The summed E-state index contributed by atoms with van der Waals surface area (Å²) in [4.78, 5) is -0.417. The average molecular weight is 349 g/mol. The highest BCUT2D eigenvalue weighted by atomic mass is 79.9. The lowest BCUT2D eigenvalue weighted by Crippen LogP contribution is -2.32. The van der Waals surface area contributed by atoms with E-state index in [9.17, 15) is 12.8 Å². The highest BCUT2D eigenvalue weighted by Gasteiger charge is 2.27. The minimum absolute atomic E-state index is 0.0882. The summed E-state index contributed by atoms with van der Waals surface area (Å²) in [6.45, 7) is 1.60. The van der Waals surface area contributed by atoms with E-state index in [1.165, 1.54) is 12.1 Å². The Kier molecular flexibility index (Phi) is 5.50. The molecule has 0 fully saturated rings. The van der Waals surface area contributed by atoms with E-state index in [0.29, 0.717) is 4.47 Å². The van der Waals surface area contributed by atoms with Crippen molar-refractivity contribution < 1.29 is 12.8 Å². The molecule has 0 heterocycles. The largest absolute Gasteiger partial charge is 0.326 e. The van der Waals surface area contributed by atoms with Crippen LogP contribution < -0.4 is 5.73 Å². The smallest absolute Gasteiger partial charge is 0.246 e. The van der Waals surface area contributed by atoms with Crippen molar-refractivity contribution in [1.82, 2.24) is 4.31 Å². The van der Waals surface area contributed by atoms with Crippen LogP contribution >= 0.6 is 15.9 Å². The number of hydrogen-bond acceptors (Lipinski definition) is 3. The van der Waals surface area contributed by atoms with Gasteiger partial charge in [0.2, 0.25) is 10.0 Å². The lowest BCUT2D eigenvalue weighted by Gasteiger charge is -2.19. The van der Waals surface area contributed by atoms with Crippen LogP contribution in [-0.4, -0.2) is 25.8 Å². The molecule has 0 unspecified atom stereocenters. The summed E-state index contributed by atoms with van der Waals surface area (Å²) in [5, 5.41) is 0. The van der Waals surface area contributed by atoms with Crippen LogP contribution in [0.5, 0.6) is 0 Å². The van der Waals surface area contributed by atoms with Gasteiger partial charge in [0.25, 0.3) is 0 Å². The molecule has 4 nitrogen and oxygen atoms in total. The Balaban J connectivity index is 3.44. The first kappa shape index (κ1) is 16.1. The van der Waals surface area contributed by atoms with E-state index in [2.05, 4.69) is 21.9 Å². The number of rotatable bonds is 5. The fraction of sp³-hybridized carbons (Fsp3) is 0.333. The summed E-state index contributed by atoms with van der Waals surface area (Å²) in [6, 6.07) is 2.66. The second-order valence-corrected chi connectivity index (χ2v) is 6.54. The lowest BCUT2D eigenvalue weighted by molar-refractivity contribution is 0.456. The molecule has 0 spiro atoms. The van der Waals surface area contributed by atoms with Crippen molar-refractivity contribution >= 4 is 26.0 Å². The molecule has 0 atom stereocenters. The number of nitrogens with zero attached hydrogens (tertiary/aromatic N) is 1. The third-order valence-electron chi connectivity index (χ3n) is 2.54. The van der Waals surface area contributed by atoms with Gasteiger partial charge in [0.15, 0.2) is 0 Å². The van der Waals surface area contributed by atoms with Crippen molar-refractivity contribution in [1.29, 1.82) is 0 Å². The van der Waals surface area contributed by atoms with Crippen molar-refractivity contribution in [2.24, 2.45) is 5.73 Å². The van der Waals surface area contributed by atoms with E-state index in [0.717, 1.165) is 4.31 Å². The molecule has 1 aromatic carbocycles. The van der Waals surface area contributed by atoms with Gasteiger partial charge in [-0.2, -0.15) is 4.31 Å². The molecule has 0 aliphatic rings. The molecule has 1 aromatic rings. The Bertz CT molecular complexity index is 611. The third-order valence-corrected chi connectivity index (χ3v) is 4.92. The molecule has 0 saturated heterocycles. The van der Waals surface area contributed by atoms with Crippen molar-refractivity contribution in [2.75, 3.05) is 13.1 Å². The van der Waals surface area contributed by atoms with Crippen LogP contribution in [0.2, 0.25) is 0 Å². The zero-order valence-corrected chi connectivity index (χ0v) is 12.8. The fourth-order valence-corrected chi connectivity index (χ4v) is 3.72. The second-order valence-electron chi connectivity index (χ2n) is 3.72. The second kappa shape index (κ2) is 6.48. The molecule has 7 heteroatoms. The number of nitrogens with two attached hydrogens (primary N) is 1. The molecule has 0 bridgehead atoms. The first-order chi connectivity index (χ1) is 8.88. The molecule has 0 aliphatic carbocycles. The molecule has 0 aromatic heterocycles. The van der Waals surface area contributed by atoms with Crippen LogP contribution in [-0.2, 0) is 16.6 Å². The van der Waals surface area contributed by atoms with E-state index in [-0.39, 0.29) is 25.2 Å². The Labute approximate surface area is 121 Å². The lowest BCUT2D eigenvalue weighted by atomic mass is 10.2. The minimum atomic E-state index is -3.97. The van der Waals surface area contributed by atoms with Gasteiger partial charge in [-0.15, -0.1) is 6.42 Å². The van der Waals surface area contributed by atoms with Crippen LogP contribution in [0.3, 0.4) is 0 Å².